The Bertz CT molecular complexity index is 365. The maximum Gasteiger partial charge on any atom is 0.191 e. The molecule has 0 aliphatic rings. The number of aromatic nitrogens is 1. The van der Waals surface area contributed by atoms with E-state index in [-0.39, 0.29) is 0 Å². The summed E-state index contributed by atoms with van der Waals surface area (Å²) in [7, 11) is 3.42. The highest BCUT2D eigenvalue weighted by Gasteiger charge is 2.00. The van der Waals surface area contributed by atoms with Crippen LogP contribution in [0.2, 0.25) is 0 Å². The van der Waals surface area contributed by atoms with E-state index in [0.29, 0.717) is 13.2 Å². The minimum atomic E-state index is 0.656. The summed E-state index contributed by atoms with van der Waals surface area (Å²) in [4.78, 5) is 8.43. The largest absolute Gasteiger partial charge is 0.383 e. The topological polar surface area (TPSA) is 58.5 Å². The SMILES string of the molecule is CN=C(NCCOC)NCc1ncccc1C. The standard InChI is InChI=1S/C12H20N4O/c1-10-5-4-6-14-11(10)9-16-12(13-2)15-7-8-17-3/h4-6H,7-9H2,1-3H3,(H2,13,15,16). The van der Waals surface area contributed by atoms with Gasteiger partial charge in [-0.3, -0.25) is 9.98 Å². The molecule has 94 valence electrons. The average molecular weight is 236 g/mol. The lowest BCUT2D eigenvalue weighted by Gasteiger charge is -2.12. The van der Waals surface area contributed by atoms with Crippen molar-refractivity contribution in [2.24, 2.45) is 4.99 Å². The molecule has 0 amide bonds. The number of rotatable bonds is 5. The van der Waals surface area contributed by atoms with Crippen LogP contribution in [0.15, 0.2) is 23.3 Å². The van der Waals surface area contributed by atoms with E-state index < -0.39 is 0 Å². The fourth-order valence-corrected chi connectivity index (χ4v) is 1.36. The van der Waals surface area contributed by atoms with Crippen molar-refractivity contribution in [2.45, 2.75) is 13.5 Å². The average Bonchev–Trinajstić information content (AvgIpc) is 2.35. The highest BCUT2D eigenvalue weighted by atomic mass is 16.5. The van der Waals surface area contributed by atoms with E-state index >= 15 is 0 Å². The number of methoxy groups -OCH3 is 1. The molecule has 0 saturated heterocycles. The Labute approximate surface area is 102 Å². The first kappa shape index (κ1) is 13.4. The number of hydrogen-bond acceptors (Lipinski definition) is 3. The summed E-state index contributed by atoms with van der Waals surface area (Å²) in [6, 6.07) is 3.98. The lowest BCUT2D eigenvalue weighted by molar-refractivity contribution is 0.203. The lowest BCUT2D eigenvalue weighted by atomic mass is 10.2. The van der Waals surface area contributed by atoms with Gasteiger partial charge < -0.3 is 15.4 Å². The molecule has 1 aromatic rings. The Hall–Kier alpha value is -1.62. The van der Waals surface area contributed by atoms with E-state index in [1.54, 1.807) is 20.4 Å². The van der Waals surface area contributed by atoms with E-state index in [2.05, 4.69) is 20.6 Å². The normalized spacial score (nSPS) is 11.4. The highest BCUT2D eigenvalue weighted by molar-refractivity contribution is 5.79. The quantitative estimate of drug-likeness (QED) is 0.449. The van der Waals surface area contributed by atoms with E-state index in [0.717, 1.165) is 18.2 Å². The maximum atomic E-state index is 4.96. The summed E-state index contributed by atoms with van der Waals surface area (Å²) in [5.74, 6) is 0.757. The molecule has 0 radical (unpaired) electrons. The first-order valence-electron chi connectivity index (χ1n) is 5.62. The summed E-state index contributed by atoms with van der Waals surface area (Å²) in [5.41, 5.74) is 2.20. The van der Waals surface area contributed by atoms with Crippen LogP contribution in [0.5, 0.6) is 0 Å². The minimum Gasteiger partial charge on any atom is -0.383 e. The Morgan fingerprint density at radius 3 is 2.94 bits per heavy atom. The third kappa shape index (κ3) is 4.82. The van der Waals surface area contributed by atoms with Crippen molar-refractivity contribution < 1.29 is 4.74 Å². The van der Waals surface area contributed by atoms with Crippen molar-refractivity contribution in [3.63, 3.8) is 0 Å². The summed E-state index contributed by atoms with van der Waals surface area (Å²) < 4.78 is 4.96. The number of aryl methyl sites for hydroxylation is 1. The molecule has 0 aromatic carbocycles. The predicted octanol–water partition coefficient (Wildman–Crippen LogP) is 0.701. The Morgan fingerprint density at radius 2 is 2.29 bits per heavy atom. The van der Waals surface area contributed by atoms with Crippen LogP contribution in [0.25, 0.3) is 0 Å². The van der Waals surface area contributed by atoms with Crippen LogP contribution in [0.3, 0.4) is 0 Å². The molecule has 1 rings (SSSR count). The first-order chi connectivity index (χ1) is 8.27. The second kappa shape index (κ2) is 7.62. The van der Waals surface area contributed by atoms with Crippen LogP contribution < -0.4 is 10.6 Å². The number of guanidine groups is 1. The van der Waals surface area contributed by atoms with Gasteiger partial charge in [-0.2, -0.15) is 0 Å². The van der Waals surface area contributed by atoms with Gasteiger partial charge in [0.15, 0.2) is 5.96 Å². The molecule has 0 fully saturated rings. The molecule has 0 saturated carbocycles. The van der Waals surface area contributed by atoms with E-state index in [4.69, 9.17) is 4.74 Å². The molecular formula is C12H20N4O. The molecule has 0 aliphatic carbocycles. The Morgan fingerprint density at radius 1 is 1.47 bits per heavy atom. The van der Waals surface area contributed by atoms with Gasteiger partial charge in [0.05, 0.1) is 18.8 Å². The third-order valence-corrected chi connectivity index (χ3v) is 2.36. The van der Waals surface area contributed by atoms with Gasteiger partial charge in [0.1, 0.15) is 0 Å². The molecule has 17 heavy (non-hydrogen) atoms. The summed E-state index contributed by atoms with van der Waals surface area (Å²) in [5, 5.41) is 6.35. The number of hydrogen-bond donors (Lipinski definition) is 2. The number of pyridine rings is 1. The van der Waals surface area contributed by atoms with Gasteiger partial charge in [-0.25, -0.2) is 0 Å². The van der Waals surface area contributed by atoms with Crippen molar-refractivity contribution in [3.8, 4) is 0 Å². The molecule has 2 N–H and O–H groups in total. The summed E-state index contributed by atoms with van der Waals surface area (Å²) in [6.07, 6.45) is 1.80. The van der Waals surface area contributed by atoms with E-state index in [9.17, 15) is 0 Å². The Kier molecular flexibility index (Phi) is 6.03. The monoisotopic (exact) mass is 236 g/mol. The second-order valence-corrected chi connectivity index (χ2v) is 3.61. The van der Waals surface area contributed by atoms with Crippen LogP contribution in [-0.2, 0) is 11.3 Å². The zero-order valence-corrected chi connectivity index (χ0v) is 10.7. The first-order valence-corrected chi connectivity index (χ1v) is 5.62. The van der Waals surface area contributed by atoms with Gasteiger partial charge in [0.2, 0.25) is 0 Å². The third-order valence-electron chi connectivity index (χ3n) is 2.36. The molecule has 0 spiro atoms. The predicted molar refractivity (Wildman–Crippen MR) is 69.1 cm³/mol. The van der Waals surface area contributed by atoms with Gasteiger partial charge in [0, 0.05) is 26.9 Å². The van der Waals surface area contributed by atoms with Gasteiger partial charge in [-0.15, -0.1) is 0 Å². The Balaban J connectivity index is 2.40. The molecule has 5 heteroatoms. The van der Waals surface area contributed by atoms with Crippen molar-refractivity contribution in [2.75, 3.05) is 27.3 Å². The van der Waals surface area contributed by atoms with E-state index in [1.165, 1.54) is 5.56 Å². The molecule has 0 atom stereocenters. The van der Waals surface area contributed by atoms with Gasteiger partial charge in [-0.1, -0.05) is 6.07 Å². The fraction of sp³-hybridized carbons (Fsp3) is 0.500. The molecular weight excluding hydrogens is 216 g/mol. The van der Waals surface area contributed by atoms with Gasteiger partial charge >= 0.3 is 0 Å². The van der Waals surface area contributed by atoms with Crippen molar-refractivity contribution >= 4 is 5.96 Å². The molecule has 0 unspecified atom stereocenters. The van der Waals surface area contributed by atoms with Crippen LogP contribution in [0.4, 0.5) is 0 Å². The highest BCUT2D eigenvalue weighted by Crippen LogP contribution is 2.01. The van der Waals surface area contributed by atoms with Crippen LogP contribution in [-0.4, -0.2) is 38.3 Å². The molecule has 0 bridgehead atoms. The van der Waals surface area contributed by atoms with Gasteiger partial charge in [-0.05, 0) is 18.6 Å². The van der Waals surface area contributed by atoms with E-state index in [1.807, 2.05) is 19.1 Å². The van der Waals surface area contributed by atoms with Crippen LogP contribution in [0.1, 0.15) is 11.3 Å². The van der Waals surface area contributed by atoms with Crippen molar-refractivity contribution in [1.29, 1.82) is 0 Å². The zero-order chi connectivity index (χ0) is 12.5. The number of ether oxygens (including phenoxy) is 1. The summed E-state index contributed by atoms with van der Waals surface area (Å²) in [6.45, 7) is 4.10. The fourth-order valence-electron chi connectivity index (χ4n) is 1.36. The molecule has 1 heterocycles. The van der Waals surface area contributed by atoms with Crippen molar-refractivity contribution in [3.05, 3.63) is 29.6 Å². The van der Waals surface area contributed by atoms with Crippen LogP contribution in [0, 0.1) is 6.92 Å². The summed E-state index contributed by atoms with van der Waals surface area (Å²) >= 11 is 0. The van der Waals surface area contributed by atoms with Gasteiger partial charge in [0.25, 0.3) is 0 Å². The molecule has 0 aliphatic heterocycles. The minimum absolute atomic E-state index is 0.656. The number of aliphatic imine (C=N–C) groups is 1. The molecule has 1 aromatic heterocycles. The molecule has 5 nitrogen and oxygen atoms in total. The van der Waals surface area contributed by atoms with Crippen LogP contribution >= 0.6 is 0 Å². The maximum absolute atomic E-state index is 4.96. The smallest absolute Gasteiger partial charge is 0.191 e. The second-order valence-electron chi connectivity index (χ2n) is 3.61. The lowest BCUT2D eigenvalue weighted by Crippen LogP contribution is -2.38. The number of nitrogens with zero attached hydrogens (tertiary/aromatic N) is 2. The zero-order valence-electron chi connectivity index (χ0n) is 10.7. The number of nitrogens with one attached hydrogen (secondary N) is 2. The van der Waals surface area contributed by atoms with Crippen molar-refractivity contribution in [1.82, 2.24) is 15.6 Å².